The standard InChI is InChI=1S/C14H28NO7P/c1-12(2)14(16)21-10-6-8-15(3,4)9-7-13(20-5)11-22-23(17,18)19/h13H,1,6-11H2,2-5H3,(H-,17,18,19)/p+1. The quantitative estimate of drug-likeness (QED) is 0.178. The molecule has 1 atom stereocenters. The molecule has 0 radical (unpaired) electrons. The summed E-state index contributed by atoms with van der Waals surface area (Å²) < 4.78 is 26.0. The first-order valence-electron chi connectivity index (χ1n) is 7.34. The van der Waals surface area contributed by atoms with E-state index >= 15 is 0 Å². The van der Waals surface area contributed by atoms with Gasteiger partial charge in [-0.05, 0) is 6.92 Å². The minimum Gasteiger partial charge on any atom is -0.462 e. The van der Waals surface area contributed by atoms with Gasteiger partial charge in [-0.25, -0.2) is 9.36 Å². The van der Waals surface area contributed by atoms with E-state index in [9.17, 15) is 9.36 Å². The predicted molar refractivity (Wildman–Crippen MR) is 85.6 cm³/mol. The zero-order valence-corrected chi connectivity index (χ0v) is 15.3. The third-order valence-corrected chi connectivity index (χ3v) is 3.79. The van der Waals surface area contributed by atoms with Crippen LogP contribution in [0.4, 0.5) is 0 Å². The smallest absolute Gasteiger partial charge is 0.462 e. The highest BCUT2D eigenvalue weighted by Crippen LogP contribution is 2.36. The Morgan fingerprint density at radius 2 is 1.91 bits per heavy atom. The number of methoxy groups -OCH3 is 1. The molecule has 0 saturated heterocycles. The molecule has 0 fully saturated rings. The van der Waals surface area contributed by atoms with Gasteiger partial charge in [0.05, 0.1) is 46.5 Å². The van der Waals surface area contributed by atoms with Crippen LogP contribution in [0.15, 0.2) is 12.2 Å². The molecule has 8 nitrogen and oxygen atoms in total. The van der Waals surface area contributed by atoms with Gasteiger partial charge >= 0.3 is 13.8 Å². The number of esters is 1. The lowest BCUT2D eigenvalue weighted by Crippen LogP contribution is -2.43. The maximum Gasteiger partial charge on any atom is 0.469 e. The van der Waals surface area contributed by atoms with Crippen molar-refractivity contribution in [3.8, 4) is 0 Å². The van der Waals surface area contributed by atoms with Crippen molar-refractivity contribution in [2.75, 3.05) is 47.5 Å². The summed E-state index contributed by atoms with van der Waals surface area (Å²) in [5.74, 6) is -0.385. The zero-order chi connectivity index (χ0) is 18.1. The highest BCUT2D eigenvalue weighted by Gasteiger charge is 2.22. The molecular formula is C14H29NO7P+. The molecule has 0 spiro atoms. The summed E-state index contributed by atoms with van der Waals surface area (Å²) in [5.41, 5.74) is 0.381. The predicted octanol–water partition coefficient (Wildman–Crippen LogP) is 1.09. The Kier molecular flexibility index (Phi) is 9.84. The molecule has 0 rings (SSSR count). The van der Waals surface area contributed by atoms with Gasteiger partial charge in [0.2, 0.25) is 0 Å². The number of carbonyl (C=O) groups is 1. The summed E-state index contributed by atoms with van der Waals surface area (Å²) in [7, 11) is 1.05. The molecule has 2 N–H and O–H groups in total. The monoisotopic (exact) mass is 354 g/mol. The zero-order valence-electron chi connectivity index (χ0n) is 14.4. The second-order valence-electron chi connectivity index (χ2n) is 6.09. The molecule has 0 aliphatic carbocycles. The van der Waals surface area contributed by atoms with Gasteiger partial charge in [0, 0.05) is 25.5 Å². The van der Waals surface area contributed by atoms with Gasteiger partial charge in [0.15, 0.2) is 0 Å². The van der Waals surface area contributed by atoms with Crippen LogP contribution < -0.4 is 0 Å². The van der Waals surface area contributed by atoms with Crippen molar-refractivity contribution in [3.63, 3.8) is 0 Å². The van der Waals surface area contributed by atoms with Crippen LogP contribution in [-0.2, 0) is 23.4 Å². The summed E-state index contributed by atoms with van der Waals surface area (Å²) in [6, 6.07) is 0. The summed E-state index contributed by atoms with van der Waals surface area (Å²) >= 11 is 0. The highest BCUT2D eigenvalue weighted by molar-refractivity contribution is 7.46. The van der Waals surface area contributed by atoms with Crippen LogP contribution >= 0.6 is 7.82 Å². The minimum atomic E-state index is -4.48. The number of nitrogens with zero attached hydrogens (tertiary/aromatic N) is 1. The van der Waals surface area contributed by atoms with Gasteiger partial charge in [-0.15, -0.1) is 0 Å². The van der Waals surface area contributed by atoms with E-state index in [0.29, 0.717) is 29.5 Å². The number of hydrogen-bond donors (Lipinski definition) is 2. The second-order valence-corrected chi connectivity index (χ2v) is 7.32. The third-order valence-electron chi connectivity index (χ3n) is 3.31. The molecule has 0 aromatic rings. The first-order chi connectivity index (χ1) is 10.5. The lowest BCUT2D eigenvalue weighted by molar-refractivity contribution is -0.891. The molecule has 0 aliphatic heterocycles. The fraction of sp³-hybridized carbons (Fsp3) is 0.786. The summed E-state index contributed by atoms with van der Waals surface area (Å²) in [6.07, 6.45) is 0.916. The second kappa shape index (κ2) is 10.2. The van der Waals surface area contributed by atoms with Crippen molar-refractivity contribution in [2.45, 2.75) is 25.9 Å². The Hall–Kier alpha value is -0.760. The number of carbonyl (C=O) groups excluding carboxylic acids is 1. The number of rotatable bonds is 12. The SMILES string of the molecule is C=C(C)C(=O)OCCC[N+](C)(C)CCC(COP(=O)(O)O)OC. The maximum atomic E-state index is 11.3. The Balaban J connectivity index is 4.07. The molecule has 23 heavy (non-hydrogen) atoms. The van der Waals surface area contributed by atoms with E-state index in [1.54, 1.807) is 6.92 Å². The average Bonchev–Trinajstić information content (AvgIpc) is 2.42. The van der Waals surface area contributed by atoms with E-state index in [0.717, 1.165) is 13.1 Å². The number of phosphoric acid groups is 1. The Labute approximate surface area is 137 Å². The van der Waals surface area contributed by atoms with Crippen LogP contribution in [-0.4, -0.2) is 73.9 Å². The van der Waals surface area contributed by atoms with Gasteiger partial charge in [0.1, 0.15) is 0 Å². The van der Waals surface area contributed by atoms with Gasteiger partial charge in [-0.2, -0.15) is 0 Å². The van der Waals surface area contributed by atoms with Crippen LogP contribution in [0.3, 0.4) is 0 Å². The van der Waals surface area contributed by atoms with E-state index in [1.165, 1.54) is 7.11 Å². The summed E-state index contributed by atoms with van der Waals surface area (Å²) in [6.45, 7) is 6.82. The van der Waals surface area contributed by atoms with E-state index in [4.69, 9.17) is 19.3 Å². The lowest BCUT2D eigenvalue weighted by Gasteiger charge is -2.31. The lowest BCUT2D eigenvalue weighted by atomic mass is 10.2. The molecule has 0 aromatic heterocycles. The molecule has 136 valence electrons. The Morgan fingerprint density at radius 3 is 2.39 bits per heavy atom. The van der Waals surface area contributed by atoms with Gasteiger partial charge in [-0.1, -0.05) is 6.58 Å². The summed E-state index contributed by atoms with van der Waals surface area (Å²) in [5, 5.41) is 0. The average molecular weight is 354 g/mol. The number of phosphoric ester groups is 1. The topological polar surface area (TPSA) is 102 Å². The normalized spacial score (nSPS) is 13.7. The van der Waals surface area contributed by atoms with Crippen LogP contribution in [0.1, 0.15) is 19.8 Å². The first kappa shape index (κ1) is 22.2. The molecule has 0 aromatic carbocycles. The molecule has 0 saturated carbocycles. The largest absolute Gasteiger partial charge is 0.469 e. The minimum absolute atomic E-state index is 0.156. The van der Waals surface area contributed by atoms with Crippen LogP contribution in [0.2, 0.25) is 0 Å². The fourth-order valence-electron chi connectivity index (χ4n) is 1.84. The maximum absolute atomic E-state index is 11.3. The first-order valence-corrected chi connectivity index (χ1v) is 8.87. The molecule has 1 unspecified atom stereocenters. The van der Waals surface area contributed by atoms with E-state index in [2.05, 4.69) is 11.1 Å². The van der Waals surface area contributed by atoms with Gasteiger partial charge in [0.25, 0.3) is 0 Å². The van der Waals surface area contributed by atoms with E-state index in [-0.39, 0.29) is 18.7 Å². The molecule has 0 heterocycles. The van der Waals surface area contributed by atoms with E-state index < -0.39 is 7.82 Å². The van der Waals surface area contributed by atoms with Crippen molar-refractivity contribution in [2.24, 2.45) is 0 Å². The van der Waals surface area contributed by atoms with Crippen molar-refractivity contribution >= 4 is 13.8 Å². The Bertz CT molecular complexity index is 433. The number of quaternary nitrogens is 1. The van der Waals surface area contributed by atoms with Crippen molar-refractivity contribution in [3.05, 3.63) is 12.2 Å². The number of ether oxygens (including phenoxy) is 2. The van der Waals surface area contributed by atoms with E-state index in [1.807, 2.05) is 14.1 Å². The number of hydrogen-bond acceptors (Lipinski definition) is 5. The molecular weight excluding hydrogens is 325 g/mol. The van der Waals surface area contributed by atoms with Crippen molar-refractivity contribution in [1.82, 2.24) is 0 Å². The molecule has 9 heteroatoms. The van der Waals surface area contributed by atoms with Crippen LogP contribution in [0.25, 0.3) is 0 Å². The molecule has 0 bridgehead atoms. The third kappa shape index (κ3) is 12.3. The summed E-state index contributed by atoms with van der Waals surface area (Å²) in [4.78, 5) is 28.7. The van der Waals surface area contributed by atoms with Gasteiger partial charge in [-0.3, -0.25) is 4.52 Å². The van der Waals surface area contributed by atoms with Crippen molar-refractivity contribution < 1.29 is 37.6 Å². The highest BCUT2D eigenvalue weighted by atomic mass is 31.2. The van der Waals surface area contributed by atoms with Crippen molar-refractivity contribution in [1.29, 1.82) is 0 Å². The van der Waals surface area contributed by atoms with Crippen LogP contribution in [0, 0.1) is 0 Å². The fourth-order valence-corrected chi connectivity index (χ4v) is 2.20. The van der Waals surface area contributed by atoms with Gasteiger partial charge < -0.3 is 23.7 Å². The molecule has 0 amide bonds. The Morgan fingerprint density at radius 1 is 1.30 bits per heavy atom. The van der Waals surface area contributed by atoms with Crippen LogP contribution in [0.5, 0.6) is 0 Å². The molecule has 0 aliphatic rings.